The van der Waals surface area contributed by atoms with Crippen LogP contribution in [-0.2, 0) is 11.3 Å². The summed E-state index contributed by atoms with van der Waals surface area (Å²) < 4.78 is 26.5. The van der Waals surface area contributed by atoms with E-state index in [9.17, 15) is 18.4 Å². The van der Waals surface area contributed by atoms with Gasteiger partial charge in [-0.2, -0.15) is 0 Å². The van der Waals surface area contributed by atoms with E-state index < -0.39 is 17.6 Å². The van der Waals surface area contributed by atoms with Crippen molar-refractivity contribution in [3.05, 3.63) is 70.8 Å². The van der Waals surface area contributed by atoms with Gasteiger partial charge in [-0.25, -0.2) is 13.6 Å². The number of hydrogen-bond acceptors (Lipinski definition) is 3. The smallest absolute Gasteiger partial charge is 0.335 e. The first-order valence-electron chi connectivity index (χ1n) is 9.17. The molecule has 1 aliphatic heterocycles. The van der Waals surface area contributed by atoms with Crippen molar-refractivity contribution in [2.24, 2.45) is 0 Å². The number of nitrogens with one attached hydrogen (secondary N) is 1. The van der Waals surface area contributed by atoms with E-state index in [1.54, 1.807) is 12.1 Å². The van der Waals surface area contributed by atoms with Gasteiger partial charge in [-0.15, -0.1) is 0 Å². The third-order valence-electron chi connectivity index (χ3n) is 5.05. The molecular weight excluding hydrogens is 366 g/mol. The summed E-state index contributed by atoms with van der Waals surface area (Å²) >= 11 is 0. The molecule has 3 rings (SSSR count). The molecule has 1 heterocycles. The van der Waals surface area contributed by atoms with E-state index in [0.717, 1.165) is 24.1 Å². The van der Waals surface area contributed by atoms with Gasteiger partial charge in [-0.05, 0) is 61.7 Å². The molecule has 0 bridgehead atoms. The van der Waals surface area contributed by atoms with Crippen LogP contribution in [0.5, 0.6) is 0 Å². The molecule has 7 heteroatoms. The Kier molecular flexibility index (Phi) is 6.04. The SMILES string of the molecule is C[C@H](NC(=O)[C@H]1CCCN1Cc1ccc(F)c(F)c1)c1ccc(C(=O)O)cc1. The predicted octanol–water partition coefficient (Wildman–Crippen LogP) is 3.50. The van der Waals surface area contributed by atoms with Crippen molar-refractivity contribution in [2.45, 2.75) is 38.4 Å². The highest BCUT2D eigenvalue weighted by Gasteiger charge is 2.31. The molecule has 0 saturated carbocycles. The van der Waals surface area contributed by atoms with Crippen LogP contribution in [0, 0.1) is 11.6 Å². The van der Waals surface area contributed by atoms with Crippen molar-refractivity contribution in [3.63, 3.8) is 0 Å². The lowest BCUT2D eigenvalue weighted by molar-refractivity contribution is -0.126. The second-order valence-corrected chi connectivity index (χ2v) is 7.03. The maximum absolute atomic E-state index is 13.4. The number of hydrogen-bond donors (Lipinski definition) is 2. The van der Waals surface area contributed by atoms with E-state index in [2.05, 4.69) is 5.32 Å². The topological polar surface area (TPSA) is 69.6 Å². The van der Waals surface area contributed by atoms with Crippen LogP contribution in [0.25, 0.3) is 0 Å². The van der Waals surface area contributed by atoms with E-state index in [1.807, 2.05) is 11.8 Å². The molecule has 2 N–H and O–H groups in total. The van der Waals surface area contributed by atoms with Gasteiger partial charge < -0.3 is 10.4 Å². The molecule has 5 nitrogen and oxygen atoms in total. The number of carbonyl (C=O) groups is 2. The summed E-state index contributed by atoms with van der Waals surface area (Å²) in [5.74, 6) is -2.91. The van der Waals surface area contributed by atoms with Gasteiger partial charge in [0.05, 0.1) is 17.6 Å². The number of likely N-dealkylation sites (tertiary alicyclic amines) is 1. The molecule has 1 saturated heterocycles. The highest BCUT2D eigenvalue weighted by molar-refractivity contribution is 5.87. The fourth-order valence-electron chi connectivity index (χ4n) is 3.49. The van der Waals surface area contributed by atoms with Gasteiger partial charge in [0, 0.05) is 6.54 Å². The van der Waals surface area contributed by atoms with Crippen molar-refractivity contribution in [1.29, 1.82) is 0 Å². The standard InChI is InChI=1S/C21H22F2N2O3/c1-13(15-5-7-16(8-6-15)21(27)28)24-20(26)19-3-2-10-25(19)12-14-4-9-17(22)18(23)11-14/h4-9,11,13,19H,2-3,10,12H2,1H3,(H,24,26)(H,27,28)/t13-,19+/m0/s1. The molecule has 0 spiro atoms. The van der Waals surface area contributed by atoms with Gasteiger partial charge in [0.2, 0.25) is 5.91 Å². The molecule has 2 aromatic carbocycles. The van der Waals surface area contributed by atoms with Crippen LogP contribution < -0.4 is 5.32 Å². The number of nitrogens with zero attached hydrogens (tertiary/aromatic N) is 1. The summed E-state index contributed by atoms with van der Waals surface area (Å²) in [5.41, 5.74) is 1.62. The van der Waals surface area contributed by atoms with Crippen LogP contribution in [-0.4, -0.2) is 34.5 Å². The molecule has 2 aromatic rings. The second kappa shape index (κ2) is 8.48. The Labute approximate surface area is 162 Å². The molecule has 1 amide bonds. The first kappa shape index (κ1) is 19.9. The van der Waals surface area contributed by atoms with Crippen molar-refractivity contribution >= 4 is 11.9 Å². The maximum Gasteiger partial charge on any atom is 0.335 e. The fourth-order valence-corrected chi connectivity index (χ4v) is 3.49. The van der Waals surface area contributed by atoms with Crippen LogP contribution in [0.2, 0.25) is 0 Å². The maximum atomic E-state index is 13.4. The van der Waals surface area contributed by atoms with Crippen LogP contribution in [0.1, 0.15) is 47.3 Å². The quantitative estimate of drug-likeness (QED) is 0.795. The zero-order valence-corrected chi connectivity index (χ0v) is 15.5. The summed E-state index contributed by atoms with van der Waals surface area (Å²) in [6, 6.07) is 9.54. The van der Waals surface area contributed by atoms with Gasteiger partial charge in [0.15, 0.2) is 11.6 Å². The van der Waals surface area contributed by atoms with Crippen LogP contribution in [0.15, 0.2) is 42.5 Å². The van der Waals surface area contributed by atoms with E-state index in [0.29, 0.717) is 25.1 Å². The van der Waals surface area contributed by atoms with E-state index in [4.69, 9.17) is 5.11 Å². The summed E-state index contributed by atoms with van der Waals surface area (Å²) in [5, 5.41) is 11.9. The molecular formula is C21H22F2N2O3. The third kappa shape index (κ3) is 4.54. The van der Waals surface area contributed by atoms with Gasteiger partial charge in [-0.3, -0.25) is 9.69 Å². The highest BCUT2D eigenvalue weighted by Crippen LogP contribution is 2.22. The van der Waals surface area contributed by atoms with Crippen LogP contribution in [0.4, 0.5) is 8.78 Å². The number of benzene rings is 2. The average molecular weight is 388 g/mol. The van der Waals surface area contributed by atoms with E-state index in [-0.39, 0.29) is 23.6 Å². The zero-order chi connectivity index (χ0) is 20.3. The molecule has 1 aliphatic rings. The third-order valence-corrected chi connectivity index (χ3v) is 5.05. The molecule has 2 atom stereocenters. The Hall–Kier alpha value is -2.80. The Morgan fingerprint density at radius 1 is 1.18 bits per heavy atom. The highest BCUT2D eigenvalue weighted by atomic mass is 19.2. The minimum atomic E-state index is -0.998. The monoisotopic (exact) mass is 388 g/mol. The molecule has 0 unspecified atom stereocenters. The summed E-state index contributed by atoms with van der Waals surface area (Å²) in [6.07, 6.45) is 1.55. The van der Waals surface area contributed by atoms with Gasteiger partial charge >= 0.3 is 5.97 Å². The van der Waals surface area contributed by atoms with Crippen molar-refractivity contribution in [1.82, 2.24) is 10.2 Å². The lowest BCUT2D eigenvalue weighted by atomic mass is 10.1. The Bertz CT molecular complexity index is 870. The average Bonchev–Trinajstić information content (AvgIpc) is 3.13. The summed E-state index contributed by atoms with van der Waals surface area (Å²) in [6.45, 7) is 2.91. The van der Waals surface area contributed by atoms with Crippen LogP contribution >= 0.6 is 0 Å². The number of carboxylic acid groups (broad SMARTS) is 1. The summed E-state index contributed by atoms with van der Waals surface area (Å²) in [4.78, 5) is 25.6. The minimum absolute atomic E-state index is 0.130. The largest absolute Gasteiger partial charge is 0.478 e. The number of rotatable bonds is 6. The molecule has 148 valence electrons. The number of carboxylic acids is 1. The van der Waals surface area contributed by atoms with E-state index >= 15 is 0 Å². The lowest BCUT2D eigenvalue weighted by Gasteiger charge is -2.25. The Balaban J connectivity index is 1.63. The van der Waals surface area contributed by atoms with Gasteiger partial charge in [0.1, 0.15) is 0 Å². The van der Waals surface area contributed by atoms with E-state index in [1.165, 1.54) is 18.2 Å². The Morgan fingerprint density at radius 3 is 2.54 bits per heavy atom. The first-order valence-corrected chi connectivity index (χ1v) is 9.17. The number of carbonyl (C=O) groups excluding carboxylic acids is 1. The molecule has 28 heavy (non-hydrogen) atoms. The first-order chi connectivity index (χ1) is 13.3. The van der Waals surface area contributed by atoms with Gasteiger partial charge in [0.25, 0.3) is 0 Å². The normalized spacial score (nSPS) is 18.0. The van der Waals surface area contributed by atoms with Crippen molar-refractivity contribution in [3.8, 4) is 0 Å². The fraction of sp³-hybridized carbons (Fsp3) is 0.333. The predicted molar refractivity (Wildman–Crippen MR) is 99.7 cm³/mol. The lowest BCUT2D eigenvalue weighted by Crippen LogP contribution is -2.43. The number of aromatic carboxylic acids is 1. The second-order valence-electron chi connectivity index (χ2n) is 7.03. The van der Waals surface area contributed by atoms with Crippen LogP contribution in [0.3, 0.4) is 0 Å². The number of halogens is 2. The zero-order valence-electron chi connectivity index (χ0n) is 15.5. The summed E-state index contributed by atoms with van der Waals surface area (Å²) in [7, 11) is 0. The Morgan fingerprint density at radius 2 is 1.89 bits per heavy atom. The number of amides is 1. The van der Waals surface area contributed by atoms with Gasteiger partial charge in [-0.1, -0.05) is 18.2 Å². The molecule has 0 radical (unpaired) electrons. The van der Waals surface area contributed by atoms with Crippen molar-refractivity contribution < 1.29 is 23.5 Å². The minimum Gasteiger partial charge on any atom is -0.478 e. The molecule has 1 fully saturated rings. The molecule has 0 aromatic heterocycles. The van der Waals surface area contributed by atoms with Crippen molar-refractivity contribution in [2.75, 3.05) is 6.54 Å². The molecule has 0 aliphatic carbocycles.